The number of anilines is 2. The second-order valence-corrected chi connectivity index (χ2v) is 9.99. The van der Waals surface area contributed by atoms with Crippen LogP contribution in [-0.4, -0.2) is 66.0 Å². The Morgan fingerprint density at radius 3 is 2.56 bits per heavy atom. The minimum absolute atomic E-state index is 0.138. The molecule has 218 valence electrons. The lowest BCUT2D eigenvalue weighted by Gasteiger charge is -2.33. The zero-order valence-corrected chi connectivity index (χ0v) is 23.4. The molecule has 3 heterocycles. The Hall–Kier alpha value is -5.39. The highest BCUT2D eigenvalue weighted by Crippen LogP contribution is 2.25. The summed E-state index contributed by atoms with van der Waals surface area (Å²) in [6.07, 6.45) is 6.57. The van der Waals surface area contributed by atoms with E-state index in [1.807, 2.05) is 48.5 Å². The number of aliphatic imine (C=N–C) groups is 1. The predicted molar refractivity (Wildman–Crippen MR) is 166 cm³/mol. The van der Waals surface area contributed by atoms with Crippen molar-refractivity contribution in [1.29, 1.82) is 0 Å². The molecular weight excluding hydrogens is 546 g/mol. The number of carbonyl (C=O) groups excluding carboxylic acids is 1. The minimum atomic E-state index is -0.488. The Kier molecular flexibility index (Phi) is 9.81. The summed E-state index contributed by atoms with van der Waals surface area (Å²) in [6.45, 7) is 4.80. The van der Waals surface area contributed by atoms with Gasteiger partial charge >= 0.3 is 0 Å². The van der Waals surface area contributed by atoms with Crippen molar-refractivity contribution in [3.05, 3.63) is 116 Å². The van der Waals surface area contributed by atoms with Gasteiger partial charge in [0.1, 0.15) is 0 Å². The second-order valence-electron chi connectivity index (χ2n) is 9.99. The standard InChI is InChI=1S/C29H31N13O/c30-39-34-18-24-7-8-25(16-27(24)38-29-33-11-9-26(37-29)23-2-1-10-32-17-23)36-28(43)22-5-3-21(4-6-22)19-41-12-14-42(15-13-41)20-35-40-31/h1-11,16-17,29,37-38H,12-15,18-20H2,(H,36,43). The summed E-state index contributed by atoms with van der Waals surface area (Å²) in [5, 5.41) is 17.0. The average Bonchev–Trinajstić information content (AvgIpc) is 3.05. The van der Waals surface area contributed by atoms with Crippen LogP contribution in [0.3, 0.4) is 0 Å². The van der Waals surface area contributed by atoms with Crippen LogP contribution in [0.25, 0.3) is 26.6 Å². The van der Waals surface area contributed by atoms with Crippen molar-refractivity contribution in [1.82, 2.24) is 20.1 Å². The lowest BCUT2D eigenvalue weighted by Crippen LogP contribution is -2.45. The summed E-state index contributed by atoms with van der Waals surface area (Å²) >= 11 is 0. The SMILES string of the molecule is [N-]=[N+]=NCc1ccc(NC(=O)c2ccc(CN3CCN(CN=[N+]=[N-])CC3)cc2)cc1NC1N=CC=C(c2cccnc2)N1. The van der Waals surface area contributed by atoms with E-state index in [9.17, 15) is 4.79 Å². The van der Waals surface area contributed by atoms with E-state index in [-0.39, 0.29) is 12.5 Å². The zero-order valence-electron chi connectivity index (χ0n) is 23.4. The van der Waals surface area contributed by atoms with E-state index in [0.717, 1.165) is 55.1 Å². The number of pyridine rings is 1. The maximum Gasteiger partial charge on any atom is 0.255 e. The summed E-state index contributed by atoms with van der Waals surface area (Å²) in [5.41, 5.74) is 22.8. The van der Waals surface area contributed by atoms with Crippen LogP contribution in [0.1, 0.15) is 27.0 Å². The first-order valence-electron chi connectivity index (χ1n) is 13.8. The number of amides is 1. The molecule has 1 atom stereocenters. The molecule has 0 radical (unpaired) electrons. The molecule has 0 spiro atoms. The molecule has 1 amide bonds. The summed E-state index contributed by atoms with van der Waals surface area (Å²) in [4.78, 5) is 31.9. The molecule has 1 fully saturated rings. The van der Waals surface area contributed by atoms with Crippen LogP contribution in [0, 0.1) is 0 Å². The highest BCUT2D eigenvalue weighted by Gasteiger charge is 2.17. The number of nitrogens with one attached hydrogen (secondary N) is 3. The van der Waals surface area contributed by atoms with Crippen LogP contribution in [0.4, 0.5) is 11.4 Å². The monoisotopic (exact) mass is 577 g/mol. The minimum Gasteiger partial charge on any atom is -0.347 e. The van der Waals surface area contributed by atoms with Crippen molar-refractivity contribution in [2.24, 2.45) is 15.2 Å². The van der Waals surface area contributed by atoms with Gasteiger partial charge in [0.15, 0.2) is 6.29 Å². The van der Waals surface area contributed by atoms with Gasteiger partial charge in [0.2, 0.25) is 0 Å². The number of hydrogen-bond donors (Lipinski definition) is 3. The third kappa shape index (κ3) is 8.09. The Bertz CT molecular complexity index is 1570. The smallest absolute Gasteiger partial charge is 0.255 e. The molecule has 1 unspecified atom stereocenters. The largest absolute Gasteiger partial charge is 0.347 e. The van der Waals surface area contributed by atoms with Crippen molar-refractivity contribution >= 4 is 29.2 Å². The van der Waals surface area contributed by atoms with Gasteiger partial charge in [-0.25, -0.2) is 4.99 Å². The lowest BCUT2D eigenvalue weighted by molar-refractivity contribution is 0.102. The number of nitrogens with zero attached hydrogens (tertiary/aromatic N) is 10. The number of rotatable bonds is 11. The maximum absolute atomic E-state index is 13.1. The van der Waals surface area contributed by atoms with Crippen LogP contribution in [-0.2, 0) is 13.1 Å². The first-order valence-corrected chi connectivity index (χ1v) is 13.8. The molecular formula is C29H31N13O. The van der Waals surface area contributed by atoms with E-state index in [1.54, 1.807) is 30.7 Å². The Morgan fingerprint density at radius 1 is 1.02 bits per heavy atom. The van der Waals surface area contributed by atoms with Gasteiger partial charge in [-0.05, 0) is 64.7 Å². The molecule has 2 aliphatic rings. The number of azide groups is 2. The van der Waals surface area contributed by atoms with Gasteiger partial charge in [-0.2, -0.15) is 0 Å². The fourth-order valence-electron chi connectivity index (χ4n) is 4.82. The van der Waals surface area contributed by atoms with Crippen molar-refractivity contribution in [2.45, 2.75) is 19.4 Å². The number of benzene rings is 2. The van der Waals surface area contributed by atoms with Crippen LogP contribution in [0.15, 0.2) is 88.3 Å². The van der Waals surface area contributed by atoms with E-state index in [0.29, 0.717) is 23.6 Å². The van der Waals surface area contributed by atoms with Crippen molar-refractivity contribution < 1.29 is 4.79 Å². The molecule has 14 nitrogen and oxygen atoms in total. The third-order valence-electron chi connectivity index (χ3n) is 7.12. The fraction of sp³-hybridized carbons (Fsp3) is 0.276. The maximum atomic E-state index is 13.1. The van der Waals surface area contributed by atoms with Crippen molar-refractivity contribution in [2.75, 3.05) is 43.5 Å². The van der Waals surface area contributed by atoms with Gasteiger partial charge < -0.3 is 16.0 Å². The molecule has 0 saturated carbocycles. The topological polar surface area (TPSA) is 182 Å². The number of hydrogen-bond acceptors (Lipinski definition) is 9. The fourth-order valence-corrected chi connectivity index (χ4v) is 4.82. The number of allylic oxidation sites excluding steroid dienone is 1. The normalized spacial score (nSPS) is 16.7. The molecule has 5 rings (SSSR count). The van der Waals surface area contributed by atoms with E-state index in [1.165, 1.54) is 0 Å². The highest BCUT2D eigenvalue weighted by atomic mass is 16.1. The van der Waals surface area contributed by atoms with Gasteiger partial charge in [-0.3, -0.25) is 19.6 Å². The van der Waals surface area contributed by atoms with Gasteiger partial charge in [-0.15, -0.1) is 0 Å². The summed E-state index contributed by atoms with van der Waals surface area (Å²) < 4.78 is 0. The van der Waals surface area contributed by atoms with Crippen molar-refractivity contribution in [3.8, 4) is 0 Å². The summed E-state index contributed by atoms with van der Waals surface area (Å²) in [6, 6.07) is 16.8. The Balaban J connectivity index is 1.21. The molecule has 1 saturated heterocycles. The lowest BCUT2D eigenvalue weighted by atomic mass is 10.1. The van der Waals surface area contributed by atoms with E-state index >= 15 is 0 Å². The van der Waals surface area contributed by atoms with Gasteiger partial charge in [0.05, 0.1) is 13.2 Å². The summed E-state index contributed by atoms with van der Waals surface area (Å²) in [5.74, 6) is -0.234. The van der Waals surface area contributed by atoms with Crippen LogP contribution >= 0.6 is 0 Å². The first kappa shape index (κ1) is 29.1. The number of piperazine rings is 1. The average molecular weight is 578 g/mol. The molecule has 43 heavy (non-hydrogen) atoms. The van der Waals surface area contributed by atoms with Crippen LogP contribution in [0.5, 0.6) is 0 Å². The first-order chi connectivity index (χ1) is 21.1. The predicted octanol–water partition coefficient (Wildman–Crippen LogP) is 4.94. The molecule has 3 aromatic rings. The Labute approximate surface area is 248 Å². The molecule has 2 aliphatic heterocycles. The molecule has 3 N–H and O–H groups in total. The molecule has 1 aromatic heterocycles. The molecule has 0 bridgehead atoms. The zero-order chi connectivity index (χ0) is 29.9. The van der Waals surface area contributed by atoms with E-state index in [2.05, 4.69) is 55.8 Å². The van der Waals surface area contributed by atoms with Gasteiger partial charge in [-0.1, -0.05) is 28.4 Å². The number of aromatic nitrogens is 1. The molecule has 2 aromatic carbocycles. The quantitative estimate of drug-likeness (QED) is 0.165. The number of carbonyl (C=O) groups is 1. The Morgan fingerprint density at radius 2 is 1.81 bits per heavy atom. The van der Waals surface area contributed by atoms with Gasteiger partial charge in [0.25, 0.3) is 5.91 Å². The van der Waals surface area contributed by atoms with Crippen LogP contribution in [0.2, 0.25) is 0 Å². The highest BCUT2D eigenvalue weighted by molar-refractivity contribution is 6.04. The second kappa shape index (κ2) is 14.5. The van der Waals surface area contributed by atoms with Crippen LogP contribution < -0.4 is 16.0 Å². The third-order valence-corrected chi connectivity index (χ3v) is 7.12. The molecule has 14 heteroatoms. The molecule has 0 aliphatic carbocycles. The van der Waals surface area contributed by atoms with Gasteiger partial charge in [0, 0.05) is 89.4 Å². The van der Waals surface area contributed by atoms with E-state index < -0.39 is 6.29 Å². The van der Waals surface area contributed by atoms with E-state index in [4.69, 9.17) is 11.1 Å². The van der Waals surface area contributed by atoms with Crippen molar-refractivity contribution in [3.63, 3.8) is 0 Å². The summed E-state index contributed by atoms with van der Waals surface area (Å²) in [7, 11) is 0.